The van der Waals surface area contributed by atoms with Gasteiger partial charge in [0.1, 0.15) is 11.6 Å². The normalized spacial score (nSPS) is 12.8. The van der Waals surface area contributed by atoms with Crippen LogP contribution in [0.25, 0.3) is 0 Å². The summed E-state index contributed by atoms with van der Waals surface area (Å²) in [7, 11) is 0. The first-order chi connectivity index (χ1) is 7.80. The van der Waals surface area contributed by atoms with Crippen molar-refractivity contribution in [2.45, 2.75) is 59.1 Å². The number of ether oxygens (including phenoxy) is 1. The highest BCUT2D eigenvalue weighted by molar-refractivity contribution is 5.85. The fourth-order valence-corrected chi connectivity index (χ4v) is 1.17. The van der Waals surface area contributed by atoms with Crippen LogP contribution in [0.1, 0.15) is 47.5 Å². The van der Waals surface area contributed by atoms with E-state index < -0.39 is 17.7 Å². The van der Waals surface area contributed by atoms with Crippen molar-refractivity contribution in [1.29, 1.82) is 0 Å². The molecule has 0 aromatic heterocycles. The van der Waals surface area contributed by atoms with E-state index >= 15 is 0 Å². The van der Waals surface area contributed by atoms with Gasteiger partial charge in [-0.3, -0.25) is 4.79 Å². The predicted octanol–water partition coefficient (Wildman–Crippen LogP) is 1.82. The molecule has 0 aliphatic carbocycles. The molecule has 0 bridgehead atoms. The molecular weight excluding hydrogens is 220 g/mol. The summed E-state index contributed by atoms with van der Waals surface area (Å²) in [6.07, 6.45) is 0.847. The first-order valence-electron chi connectivity index (χ1n) is 6.07. The van der Waals surface area contributed by atoms with Crippen molar-refractivity contribution in [3.8, 4) is 0 Å². The van der Waals surface area contributed by atoms with Gasteiger partial charge in [0.2, 0.25) is 5.91 Å². The van der Waals surface area contributed by atoms with Crippen molar-refractivity contribution >= 4 is 12.0 Å². The maximum atomic E-state index is 11.7. The quantitative estimate of drug-likeness (QED) is 0.775. The Kier molecular flexibility index (Phi) is 6.61. The zero-order chi connectivity index (χ0) is 13.5. The van der Waals surface area contributed by atoms with Crippen LogP contribution in [-0.2, 0) is 9.53 Å². The summed E-state index contributed by atoms with van der Waals surface area (Å²) >= 11 is 0. The highest BCUT2D eigenvalue weighted by Crippen LogP contribution is 2.07. The summed E-state index contributed by atoms with van der Waals surface area (Å²) in [6, 6.07) is -0.531. The van der Waals surface area contributed by atoms with E-state index in [1.54, 1.807) is 20.8 Å². The second-order valence-corrected chi connectivity index (χ2v) is 4.90. The number of amides is 2. The van der Waals surface area contributed by atoms with Gasteiger partial charge in [0.25, 0.3) is 0 Å². The zero-order valence-electron chi connectivity index (χ0n) is 11.4. The maximum absolute atomic E-state index is 11.7. The monoisotopic (exact) mass is 244 g/mol. The van der Waals surface area contributed by atoms with Crippen LogP contribution in [0.15, 0.2) is 0 Å². The molecule has 5 nitrogen and oxygen atoms in total. The van der Waals surface area contributed by atoms with Gasteiger partial charge in [-0.05, 0) is 33.6 Å². The predicted molar refractivity (Wildman–Crippen MR) is 66.7 cm³/mol. The van der Waals surface area contributed by atoms with Gasteiger partial charge in [0.05, 0.1) is 0 Å². The summed E-state index contributed by atoms with van der Waals surface area (Å²) in [5.41, 5.74) is -0.553. The minimum atomic E-state index is -0.559. The van der Waals surface area contributed by atoms with Crippen LogP contribution in [-0.4, -0.2) is 30.2 Å². The van der Waals surface area contributed by atoms with Gasteiger partial charge in [-0.1, -0.05) is 13.8 Å². The van der Waals surface area contributed by atoms with Gasteiger partial charge in [0.15, 0.2) is 0 Å². The minimum Gasteiger partial charge on any atom is -0.444 e. The van der Waals surface area contributed by atoms with Crippen LogP contribution in [0.5, 0.6) is 0 Å². The Bertz CT molecular complexity index is 259. The molecule has 0 unspecified atom stereocenters. The van der Waals surface area contributed by atoms with Crippen LogP contribution >= 0.6 is 0 Å². The number of carbonyl (C=O) groups is 2. The van der Waals surface area contributed by atoms with Gasteiger partial charge in [-0.15, -0.1) is 0 Å². The summed E-state index contributed by atoms with van der Waals surface area (Å²) in [6.45, 7) is 9.78. The third-order valence-electron chi connectivity index (χ3n) is 1.96. The van der Waals surface area contributed by atoms with Crippen molar-refractivity contribution < 1.29 is 14.3 Å². The Labute approximate surface area is 103 Å². The lowest BCUT2D eigenvalue weighted by atomic mass is 10.2. The molecule has 0 heterocycles. The Hall–Kier alpha value is -1.26. The molecule has 100 valence electrons. The van der Waals surface area contributed by atoms with Gasteiger partial charge in [0, 0.05) is 6.54 Å². The molecule has 0 radical (unpaired) electrons. The molecule has 5 heteroatoms. The van der Waals surface area contributed by atoms with Crippen molar-refractivity contribution in [2.75, 3.05) is 6.54 Å². The molecule has 2 N–H and O–H groups in total. The topological polar surface area (TPSA) is 67.4 Å². The number of carbonyl (C=O) groups excluding carboxylic acids is 2. The highest BCUT2D eigenvalue weighted by atomic mass is 16.6. The van der Waals surface area contributed by atoms with Crippen molar-refractivity contribution in [2.24, 2.45) is 0 Å². The van der Waals surface area contributed by atoms with Crippen molar-refractivity contribution in [3.63, 3.8) is 0 Å². The standard InChI is InChI=1S/C12H24N2O3/c1-6-8-13-10(15)9(7-2)14-11(16)17-12(3,4)5/h9H,6-8H2,1-5H3,(H,13,15)(H,14,16)/t9-/m0/s1. The number of rotatable bonds is 5. The highest BCUT2D eigenvalue weighted by Gasteiger charge is 2.22. The molecule has 0 spiro atoms. The van der Waals surface area contributed by atoms with E-state index in [2.05, 4.69) is 10.6 Å². The fraction of sp³-hybridized carbons (Fsp3) is 0.833. The number of hydrogen-bond acceptors (Lipinski definition) is 3. The molecule has 0 aliphatic heterocycles. The maximum Gasteiger partial charge on any atom is 0.408 e. The average molecular weight is 244 g/mol. The van der Waals surface area contributed by atoms with Gasteiger partial charge < -0.3 is 15.4 Å². The lowest BCUT2D eigenvalue weighted by Crippen LogP contribution is -2.48. The molecule has 0 rings (SSSR count). The van der Waals surface area contributed by atoms with E-state index in [0.29, 0.717) is 13.0 Å². The largest absolute Gasteiger partial charge is 0.444 e. The van der Waals surface area contributed by atoms with Gasteiger partial charge >= 0.3 is 6.09 Å². The summed E-state index contributed by atoms with van der Waals surface area (Å²) in [4.78, 5) is 23.1. The summed E-state index contributed by atoms with van der Waals surface area (Å²) in [5, 5.41) is 5.30. The Morgan fingerprint density at radius 1 is 1.24 bits per heavy atom. The van der Waals surface area contributed by atoms with Gasteiger partial charge in [-0.25, -0.2) is 4.79 Å². The van der Waals surface area contributed by atoms with Crippen LogP contribution in [0.2, 0.25) is 0 Å². The number of alkyl carbamates (subject to hydrolysis) is 1. The third kappa shape index (κ3) is 7.60. The van der Waals surface area contributed by atoms with E-state index in [-0.39, 0.29) is 5.91 Å². The Balaban J connectivity index is 4.21. The van der Waals surface area contributed by atoms with E-state index in [1.165, 1.54) is 0 Å². The van der Waals surface area contributed by atoms with Crippen molar-refractivity contribution in [3.05, 3.63) is 0 Å². The Morgan fingerprint density at radius 3 is 2.24 bits per heavy atom. The summed E-state index contributed by atoms with van der Waals surface area (Å²) < 4.78 is 5.09. The zero-order valence-corrected chi connectivity index (χ0v) is 11.4. The molecule has 0 aromatic carbocycles. The first kappa shape index (κ1) is 15.7. The van der Waals surface area contributed by atoms with Crippen LogP contribution in [0, 0.1) is 0 Å². The summed E-state index contributed by atoms with van der Waals surface area (Å²) in [5.74, 6) is -0.166. The molecule has 2 amide bonds. The molecular formula is C12H24N2O3. The molecule has 0 fully saturated rings. The first-order valence-corrected chi connectivity index (χ1v) is 6.07. The third-order valence-corrected chi connectivity index (χ3v) is 1.96. The van der Waals surface area contributed by atoms with Crippen LogP contribution in [0.4, 0.5) is 4.79 Å². The minimum absolute atomic E-state index is 0.166. The van der Waals surface area contributed by atoms with Gasteiger partial charge in [-0.2, -0.15) is 0 Å². The molecule has 17 heavy (non-hydrogen) atoms. The molecule has 0 aromatic rings. The van der Waals surface area contributed by atoms with Crippen molar-refractivity contribution in [1.82, 2.24) is 10.6 Å². The van der Waals surface area contributed by atoms with Crippen LogP contribution < -0.4 is 10.6 Å². The lowest BCUT2D eigenvalue weighted by molar-refractivity contribution is -0.123. The molecule has 0 saturated heterocycles. The molecule has 0 saturated carbocycles. The average Bonchev–Trinajstić information content (AvgIpc) is 2.19. The van der Waals surface area contributed by atoms with E-state index in [0.717, 1.165) is 6.42 Å². The smallest absolute Gasteiger partial charge is 0.408 e. The second kappa shape index (κ2) is 7.14. The van der Waals surface area contributed by atoms with E-state index in [1.807, 2.05) is 13.8 Å². The Morgan fingerprint density at radius 2 is 1.82 bits per heavy atom. The van der Waals surface area contributed by atoms with Crippen LogP contribution in [0.3, 0.4) is 0 Å². The molecule has 0 aliphatic rings. The second-order valence-electron chi connectivity index (χ2n) is 4.90. The van der Waals surface area contributed by atoms with E-state index in [9.17, 15) is 9.59 Å². The number of hydrogen-bond donors (Lipinski definition) is 2. The number of nitrogens with one attached hydrogen (secondary N) is 2. The van der Waals surface area contributed by atoms with E-state index in [4.69, 9.17) is 4.74 Å². The lowest BCUT2D eigenvalue weighted by Gasteiger charge is -2.22. The fourth-order valence-electron chi connectivity index (χ4n) is 1.17. The molecule has 1 atom stereocenters. The SMILES string of the molecule is CCCNC(=O)[C@H](CC)NC(=O)OC(C)(C)C.